The largest absolute Gasteiger partial charge is 0.398 e. The summed E-state index contributed by atoms with van der Waals surface area (Å²) in [5.74, 6) is -0.632. The molecule has 0 saturated heterocycles. The summed E-state index contributed by atoms with van der Waals surface area (Å²) in [6.45, 7) is 0. The number of ketones is 1. The molecule has 2 aromatic carbocycles. The third kappa shape index (κ3) is 3.48. The molecule has 6 nitrogen and oxygen atoms in total. The second-order valence-corrected chi connectivity index (χ2v) is 5.90. The number of nitro groups is 1. The number of benzene rings is 2. The van der Waals surface area contributed by atoms with Crippen LogP contribution in [-0.4, -0.2) is 15.4 Å². The van der Waals surface area contributed by atoms with Crippen molar-refractivity contribution in [2.24, 2.45) is 0 Å². The molecule has 2 aromatic rings. The van der Waals surface area contributed by atoms with E-state index in [0.717, 1.165) is 0 Å². The van der Waals surface area contributed by atoms with Crippen LogP contribution < -0.4 is 5.73 Å². The van der Waals surface area contributed by atoms with Crippen LogP contribution in [0.5, 0.6) is 0 Å². The fourth-order valence-electron chi connectivity index (χ4n) is 2.13. The van der Waals surface area contributed by atoms with E-state index in [2.05, 4.69) is 31.9 Å². The smallest absolute Gasteiger partial charge is 0.280 e. The Morgan fingerprint density at radius 1 is 1.17 bits per heavy atom. The Kier molecular flexibility index (Phi) is 5.27. The predicted octanol–water partition coefficient (Wildman–Crippen LogP) is 3.84. The van der Waals surface area contributed by atoms with Crippen molar-refractivity contribution in [2.45, 2.75) is 5.33 Å². The molecule has 0 heterocycles. The zero-order valence-electron chi connectivity index (χ0n) is 11.6. The van der Waals surface area contributed by atoms with Crippen molar-refractivity contribution in [3.8, 4) is 0 Å². The molecule has 2 N–H and O–H groups in total. The number of hydrogen-bond donors (Lipinski definition) is 1. The maximum atomic E-state index is 12.7. The normalized spacial score (nSPS) is 10.3. The van der Waals surface area contributed by atoms with E-state index in [4.69, 9.17) is 5.73 Å². The molecule has 23 heavy (non-hydrogen) atoms. The molecule has 0 atom stereocenters. The van der Waals surface area contributed by atoms with E-state index in [0.29, 0.717) is 10.9 Å². The van der Waals surface area contributed by atoms with Crippen LogP contribution in [0.1, 0.15) is 31.8 Å². The number of halogens is 2. The summed E-state index contributed by atoms with van der Waals surface area (Å²) in [6, 6.07) is 8.72. The highest BCUT2D eigenvalue weighted by Gasteiger charge is 2.25. The highest BCUT2D eigenvalue weighted by molar-refractivity contribution is 9.18. The van der Waals surface area contributed by atoms with Crippen LogP contribution in [0, 0.1) is 10.1 Å². The highest BCUT2D eigenvalue weighted by atomic mass is 79.9. The van der Waals surface area contributed by atoms with E-state index < -0.39 is 15.4 Å². The minimum Gasteiger partial charge on any atom is -0.398 e. The Hall–Kier alpha value is -2.06. The van der Waals surface area contributed by atoms with Gasteiger partial charge < -0.3 is 5.73 Å². The van der Waals surface area contributed by atoms with Crippen molar-refractivity contribution in [1.82, 2.24) is 0 Å². The van der Waals surface area contributed by atoms with E-state index in [9.17, 15) is 19.7 Å². The Balaban J connectivity index is 2.65. The Morgan fingerprint density at radius 3 is 2.43 bits per heavy atom. The van der Waals surface area contributed by atoms with Crippen LogP contribution in [0.2, 0.25) is 0 Å². The molecule has 8 heteroatoms. The van der Waals surface area contributed by atoms with Crippen LogP contribution in [0.4, 0.5) is 11.4 Å². The van der Waals surface area contributed by atoms with Gasteiger partial charge in [-0.2, -0.15) is 0 Å². The topological polar surface area (TPSA) is 103 Å². The molecule has 0 spiro atoms. The number of rotatable bonds is 5. The molecule has 0 aliphatic heterocycles. The molecule has 0 radical (unpaired) electrons. The number of nitrogens with zero attached hydrogens (tertiary/aromatic N) is 1. The van der Waals surface area contributed by atoms with Gasteiger partial charge >= 0.3 is 0 Å². The molecular formula is C15H10Br2N2O4. The lowest BCUT2D eigenvalue weighted by atomic mass is 9.96. The summed E-state index contributed by atoms with van der Waals surface area (Å²) in [7, 11) is 0. The number of anilines is 1. The SMILES string of the molecule is Nc1cccc(C(=O)c2ccc(CBr)cc2[N+](=O)[O-])c1C(=O)Br. The number of nitrogen functional groups attached to an aromatic ring is 1. The Morgan fingerprint density at radius 2 is 1.87 bits per heavy atom. The quantitative estimate of drug-likeness (QED) is 0.189. The monoisotopic (exact) mass is 440 g/mol. The second kappa shape index (κ2) is 7.01. The van der Waals surface area contributed by atoms with Gasteiger partial charge in [0.1, 0.15) is 5.56 Å². The summed E-state index contributed by atoms with van der Waals surface area (Å²) in [5, 5.41) is 11.7. The van der Waals surface area contributed by atoms with Gasteiger partial charge in [-0.15, -0.1) is 0 Å². The molecule has 0 aliphatic carbocycles. The molecule has 118 valence electrons. The van der Waals surface area contributed by atoms with Crippen molar-refractivity contribution in [3.05, 3.63) is 68.8 Å². The van der Waals surface area contributed by atoms with Gasteiger partial charge in [0.25, 0.3) is 5.69 Å². The van der Waals surface area contributed by atoms with Crippen LogP contribution >= 0.6 is 31.9 Å². The second-order valence-electron chi connectivity index (χ2n) is 4.61. The summed E-state index contributed by atoms with van der Waals surface area (Å²) in [4.78, 5) is 35.0. The van der Waals surface area contributed by atoms with Crippen LogP contribution in [0.25, 0.3) is 0 Å². The minimum atomic E-state index is -0.632. The molecule has 2 rings (SSSR count). The van der Waals surface area contributed by atoms with Crippen molar-refractivity contribution in [2.75, 3.05) is 5.73 Å². The molecule has 0 unspecified atom stereocenters. The van der Waals surface area contributed by atoms with E-state index >= 15 is 0 Å². The summed E-state index contributed by atoms with van der Waals surface area (Å²) < 4.78 is -0.557. The summed E-state index contributed by atoms with van der Waals surface area (Å²) >= 11 is 6.00. The number of carbonyl (C=O) groups excluding carboxylic acids is 2. The Labute approximate surface area is 148 Å². The van der Waals surface area contributed by atoms with Gasteiger partial charge in [-0.25, -0.2) is 0 Å². The average Bonchev–Trinajstić information content (AvgIpc) is 2.52. The number of nitro benzene ring substituents is 1. The molecule has 0 aliphatic rings. The third-order valence-corrected chi connectivity index (χ3v) is 4.24. The first kappa shape index (κ1) is 17.3. The lowest BCUT2D eigenvalue weighted by Gasteiger charge is -2.09. The van der Waals surface area contributed by atoms with E-state index in [1.165, 1.54) is 30.3 Å². The first-order valence-electron chi connectivity index (χ1n) is 6.33. The predicted molar refractivity (Wildman–Crippen MR) is 93.3 cm³/mol. The van der Waals surface area contributed by atoms with Gasteiger partial charge in [-0.1, -0.05) is 34.1 Å². The van der Waals surface area contributed by atoms with Gasteiger partial charge in [0.15, 0.2) is 0 Å². The first-order chi connectivity index (χ1) is 10.9. The number of nitrogens with two attached hydrogens (primary N) is 1. The standard InChI is InChI=1S/C15H10Br2N2O4/c16-7-8-4-5-9(12(6-8)19(22)23)14(20)10-2-1-3-11(18)13(10)15(17)21/h1-6H,7,18H2. The van der Waals surface area contributed by atoms with E-state index in [1.54, 1.807) is 6.07 Å². The molecule has 0 aromatic heterocycles. The zero-order valence-corrected chi connectivity index (χ0v) is 14.8. The minimum absolute atomic E-state index is 0.00336. The Bertz CT molecular complexity index is 821. The van der Waals surface area contributed by atoms with Crippen molar-refractivity contribution >= 4 is 53.7 Å². The average molecular weight is 442 g/mol. The fourth-order valence-corrected chi connectivity index (χ4v) is 2.92. The summed E-state index contributed by atoms with van der Waals surface area (Å²) in [6.07, 6.45) is 0. The van der Waals surface area contributed by atoms with E-state index in [-0.39, 0.29) is 28.1 Å². The maximum Gasteiger partial charge on any atom is 0.280 e. The van der Waals surface area contributed by atoms with Crippen LogP contribution in [0.3, 0.4) is 0 Å². The van der Waals surface area contributed by atoms with Gasteiger partial charge in [-0.3, -0.25) is 19.7 Å². The maximum absolute atomic E-state index is 12.7. The van der Waals surface area contributed by atoms with Crippen molar-refractivity contribution in [3.63, 3.8) is 0 Å². The molecule has 0 amide bonds. The van der Waals surface area contributed by atoms with Crippen molar-refractivity contribution < 1.29 is 14.5 Å². The van der Waals surface area contributed by atoms with Gasteiger partial charge in [0, 0.05) is 22.6 Å². The highest BCUT2D eigenvalue weighted by Crippen LogP contribution is 2.28. The van der Waals surface area contributed by atoms with Gasteiger partial charge in [0.05, 0.1) is 10.5 Å². The van der Waals surface area contributed by atoms with Crippen LogP contribution in [0.15, 0.2) is 36.4 Å². The number of carbonyl (C=O) groups is 2. The number of alkyl halides is 1. The van der Waals surface area contributed by atoms with Crippen LogP contribution in [-0.2, 0) is 5.33 Å². The van der Waals surface area contributed by atoms with Gasteiger partial charge in [-0.05, 0) is 33.6 Å². The fraction of sp³-hybridized carbons (Fsp3) is 0.0667. The molecule has 0 fully saturated rings. The molecule has 0 bridgehead atoms. The van der Waals surface area contributed by atoms with Gasteiger partial charge in [0.2, 0.25) is 10.5 Å². The van der Waals surface area contributed by atoms with E-state index in [1.807, 2.05) is 0 Å². The summed E-state index contributed by atoms with van der Waals surface area (Å²) in [5.41, 5.74) is 6.12. The zero-order chi connectivity index (χ0) is 17.1. The lowest BCUT2D eigenvalue weighted by Crippen LogP contribution is -2.11. The third-order valence-electron chi connectivity index (χ3n) is 3.20. The lowest BCUT2D eigenvalue weighted by molar-refractivity contribution is -0.385. The molecular weight excluding hydrogens is 432 g/mol. The molecule has 0 saturated carbocycles. The van der Waals surface area contributed by atoms with Crippen molar-refractivity contribution in [1.29, 1.82) is 0 Å². The number of hydrogen-bond acceptors (Lipinski definition) is 5. The first-order valence-corrected chi connectivity index (χ1v) is 8.24.